The smallest absolute Gasteiger partial charge is 0.315 e. The fourth-order valence-electron chi connectivity index (χ4n) is 3.56. The molecule has 0 bridgehead atoms. The molecular weight excluding hydrogens is 316 g/mol. The molecule has 0 radical (unpaired) electrons. The third-order valence-corrected chi connectivity index (χ3v) is 5.97. The van der Waals surface area contributed by atoms with Crippen molar-refractivity contribution >= 4 is 16.1 Å². The maximum atomic E-state index is 12.3. The molecule has 2 rings (SSSR count). The molecule has 0 aromatic heterocycles. The second-order valence-electron chi connectivity index (χ2n) is 7.16. The molecule has 23 heavy (non-hydrogen) atoms. The molecule has 1 aliphatic carbocycles. The Kier molecular flexibility index (Phi) is 6.27. The maximum Gasteiger partial charge on any atom is 0.315 e. The van der Waals surface area contributed by atoms with Gasteiger partial charge in [0.15, 0.2) is 0 Å². The van der Waals surface area contributed by atoms with Crippen LogP contribution in [0.5, 0.6) is 0 Å². The fraction of sp³-hybridized carbons (Fsp3) is 0.933. The van der Waals surface area contributed by atoms with Gasteiger partial charge in [0, 0.05) is 37.6 Å². The molecule has 1 heterocycles. The summed E-state index contributed by atoms with van der Waals surface area (Å²) in [6.07, 6.45) is 6.88. The number of carbonyl (C=O) groups excluding carboxylic acids is 1. The Labute approximate surface area is 139 Å². The summed E-state index contributed by atoms with van der Waals surface area (Å²) < 4.78 is 25.1. The van der Waals surface area contributed by atoms with E-state index >= 15 is 0 Å². The summed E-state index contributed by atoms with van der Waals surface area (Å²) in [4.78, 5) is 14.3. The van der Waals surface area contributed by atoms with Crippen molar-refractivity contribution in [1.29, 1.82) is 0 Å². The molecule has 1 saturated carbocycles. The highest BCUT2D eigenvalue weighted by atomic mass is 32.2. The van der Waals surface area contributed by atoms with Gasteiger partial charge in [-0.3, -0.25) is 0 Å². The predicted molar refractivity (Wildman–Crippen MR) is 90.8 cm³/mol. The van der Waals surface area contributed by atoms with Gasteiger partial charge in [-0.2, -0.15) is 4.31 Å². The van der Waals surface area contributed by atoms with Crippen LogP contribution < -0.4 is 10.6 Å². The Hall–Kier alpha value is -0.860. The van der Waals surface area contributed by atoms with Gasteiger partial charge in [-0.15, -0.1) is 0 Å². The quantitative estimate of drug-likeness (QED) is 0.757. The summed E-state index contributed by atoms with van der Waals surface area (Å²) in [6, 6.07) is -0.0554. The van der Waals surface area contributed by atoms with Crippen molar-refractivity contribution in [3.05, 3.63) is 0 Å². The number of rotatable bonds is 5. The maximum absolute atomic E-state index is 12.3. The van der Waals surface area contributed by atoms with Crippen molar-refractivity contribution in [1.82, 2.24) is 19.8 Å². The lowest BCUT2D eigenvalue weighted by molar-refractivity contribution is 0.223. The van der Waals surface area contributed by atoms with E-state index in [0.29, 0.717) is 13.1 Å². The third-order valence-electron chi connectivity index (χ3n) is 4.73. The van der Waals surface area contributed by atoms with Gasteiger partial charge in [-0.25, -0.2) is 13.2 Å². The van der Waals surface area contributed by atoms with E-state index in [-0.39, 0.29) is 24.0 Å². The summed E-state index contributed by atoms with van der Waals surface area (Å²) in [6.45, 7) is 1.57. The van der Waals surface area contributed by atoms with Gasteiger partial charge in [-0.05, 0) is 26.9 Å². The molecule has 0 aromatic rings. The molecule has 0 aromatic carbocycles. The number of urea groups is 1. The lowest BCUT2D eigenvalue weighted by Gasteiger charge is -2.26. The Bertz CT molecular complexity index is 503. The summed E-state index contributed by atoms with van der Waals surface area (Å²) in [5.74, 6) is 0.108. The standard InChI is InChI=1S/C15H30N4O3S/c1-18(2)9-12-10-19(23(3,21)22)11-14(12)17-15(20)16-13-7-5-4-6-8-13/h12-14H,4-11H2,1-3H3,(H2,16,17,20)/t12-,14-/m1/s1. The van der Waals surface area contributed by atoms with Crippen molar-refractivity contribution < 1.29 is 13.2 Å². The number of nitrogens with one attached hydrogen (secondary N) is 2. The van der Waals surface area contributed by atoms with Crippen LogP contribution in [0.2, 0.25) is 0 Å². The molecule has 0 spiro atoms. The highest BCUT2D eigenvalue weighted by molar-refractivity contribution is 7.88. The van der Waals surface area contributed by atoms with E-state index in [9.17, 15) is 13.2 Å². The van der Waals surface area contributed by atoms with Crippen LogP contribution in [-0.4, -0.2) is 75.7 Å². The van der Waals surface area contributed by atoms with Gasteiger partial charge < -0.3 is 15.5 Å². The number of nitrogens with zero attached hydrogens (tertiary/aromatic N) is 2. The number of hydrogen-bond acceptors (Lipinski definition) is 4. The average Bonchev–Trinajstić information content (AvgIpc) is 2.82. The fourth-order valence-corrected chi connectivity index (χ4v) is 4.46. The molecular formula is C15H30N4O3S. The molecule has 2 atom stereocenters. The molecule has 2 fully saturated rings. The van der Waals surface area contributed by atoms with Crippen molar-refractivity contribution in [2.75, 3.05) is 40.0 Å². The normalized spacial score (nSPS) is 27.3. The van der Waals surface area contributed by atoms with Crippen LogP contribution in [0.1, 0.15) is 32.1 Å². The average molecular weight is 346 g/mol. The largest absolute Gasteiger partial charge is 0.335 e. The van der Waals surface area contributed by atoms with Gasteiger partial charge in [0.25, 0.3) is 0 Å². The van der Waals surface area contributed by atoms with E-state index in [1.807, 2.05) is 19.0 Å². The second kappa shape index (κ2) is 7.81. The zero-order valence-corrected chi connectivity index (χ0v) is 15.2. The first-order valence-corrected chi connectivity index (χ1v) is 10.3. The first-order valence-electron chi connectivity index (χ1n) is 8.42. The van der Waals surface area contributed by atoms with E-state index in [4.69, 9.17) is 0 Å². The number of amides is 2. The molecule has 0 unspecified atom stereocenters. The summed E-state index contributed by atoms with van der Waals surface area (Å²) >= 11 is 0. The van der Waals surface area contributed by atoms with Crippen LogP contribution in [0.15, 0.2) is 0 Å². The van der Waals surface area contributed by atoms with E-state index in [1.54, 1.807) is 0 Å². The van der Waals surface area contributed by atoms with Gasteiger partial charge in [0.1, 0.15) is 0 Å². The first kappa shape index (κ1) is 18.5. The Balaban J connectivity index is 1.92. The van der Waals surface area contributed by atoms with Gasteiger partial charge in [0.05, 0.1) is 6.26 Å². The summed E-state index contributed by atoms with van der Waals surface area (Å²) in [7, 11) is 0.697. The molecule has 2 aliphatic rings. The van der Waals surface area contributed by atoms with Crippen LogP contribution in [0.25, 0.3) is 0 Å². The van der Waals surface area contributed by atoms with E-state index in [0.717, 1.165) is 19.4 Å². The first-order chi connectivity index (χ1) is 10.8. The van der Waals surface area contributed by atoms with Crippen molar-refractivity contribution in [2.24, 2.45) is 5.92 Å². The monoisotopic (exact) mass is 346 g/mol. The lowest BCUT2D eigenvalue weighted by Crippen LogP contribution is -2.50. The minimum atomic E-state index is -3.22. The van der Waals surface area contributed by atoms with Crippen molar-refractivity contribution in [3.63, 3.8) is 0 Å². The zero-order valence-electron chi connectivity index (χ0n) is 14.4. The summed E-state index contributed by atoms with van der Waals surface area (Å²) in [5.41, 5.74) is 0. The van der Waals surface area contributed by atoms with Gasteiger partial charge in [0.2, 0.25) is 10.0 Å². The molecule has 2 N–H and O–H groups in total. The van der Waals surface area contributed by atoms with E-state index in [2.05, 4.69) is 10.6 Å². The third kappa shape index (κ3) is 5.61. The SMILES string of the molecule is CN(C)C[C@@H]1CN(S(C)(=O)=O)C[C@H]1NC(=O)NC1CCCCC1. The van der Waals surface area contributed by atoms with Crippen LogP contribution in [0.3, 0.4) is 0 Å². The number of hydrogen-bond donors (Lipinski definition) is 2. The van der Waals surface area contributed by atoms with Crippen molar-refractivity contribution in [2.45, 2.75) is 44.2 Å². The van der Waals surface area contributed by atoms with Crippen LogP contribution in [0.4, 0.5) is 4.79 Å². The van der Waals surface area contributed by atoms with E-state index < -0.39 is 10.0 Å². The zero-order chi connectivity index (χ0) is 17.0. The molecule has 1 saturated heterocycles. The van der Waals surface area contributed by atoms with Gasteiger partial charge in [-0.1, -0.05) is 19.3 Å². The summed E-state index contributed by atoms with van der Waals surface area (Å²) in [5, 5.41) is 6.04. The highest BCUT2D eigenvalue weighted by Gasteiger charge is 2.38. The number of sulfonamides is 1. The van der Waals surface area contributed by atoms with Crippen LogP contribution in [0, 0.1) is 5.92 Å². The Morgan fingerprint density at radius 2 is 1.78 bits per heavy atom. The number of carbonyl (C=O) groups is 1. The molecule has 2 amide bonds. The van der Waals surface area contributed by atoms with Crippen molar-refractivity contribution in [3.8, 4) is 0 Å². The topological polar surface area (TPSA) is 81.8 Å². The molecule has 7 nitrogen and oxygen atoms in total. The Morgan fingerprint density at radius 3 is 2.35 bits per heavy atom. The van der Waals surface area contributed by atoms with Crippen LogP contribution >= 0.6 is 0 Å². The minimum Gasteiger partial charge on any atom is -0.335 e. The predicted octanol–water partition coefficient (Wildman–Crippen LogP) is 0.440. The van der Waals surface area contributed by atoms with Gasteiger partial charge >= 0.3 is 6.03 Å². The second-order valence-corrected chi connectivity index (χ2v) is 9.14. The molecule has 1 aliphatic heterocycles. The Morgan fingerprint density at radius 1 is 1.13 bits per heavy atom. The van der Waals surface area contributed by atoms with E-state index in [1.165, 1.54) is 29.8 Å². The van der Waals surface area contributed by atoms with Crippen LogP contribution in [-0.2, 0) is 10.0 Å². The minimum absolute atomic E-state index is 0.108. The lowest BCUT2D eigenvalue weighted by atomic mass is 9.96. The molecule has 8 heteroatoms. The highest BCUT2D eigenvalue weighted by Crippen LogP contribution is 2.21. The molecule has 134 valence electrons.